The second kappa shape index (κ2) is 7.57. The fraction of sp³-hybridized carbons (Fsp3) is 0.647. The first kappa shape index (κ1) is 17.4. The molecule has 1 aromatic carbocycles. The quantitative estimate of drug-likeness (QED) is 0.796. The zero-order valence-electron chi connectivity index (χ0n) is 13.5. The van der Waals surface area contributed by atoms with Crippen LogP contribution in [-0.2, 0) is 16.3 Å². The first-order valence-corrected chi connectivity index (χ1v) is 9.81. The lowest BCUT2D eigenvalue weighted by Gasteiger charge is -2.29. The second-order valence-corrected chi connectivity index (χ2v) is 8.96. The largest absolute Gasteiger partial charge is 0.396 e. The van der Waals surface area contributed by atoms with Crippen LogP contribution in [0.5, 0.6) is 0 Å². The van der Waals surface area contributed by atoms with Crippen LogP contribution in [0.4, 0.5) is 0 Å². The van der Waals surface area contributed by atoms with Gasteiger partial charge in [0.15, 0.2) is 9.84 Å². The van der Waals surface area contributed by atoms with Crippen LogP contribution >= 0.6 is 0 Å². The lowest BCUT2D eigenvalue weighted by Crippen LogP contribution is -2.35. The molecule has 1 aromatic rings. The highest BCUT2D eigenvalue weighted by atomic mass is 32.2. The number of rotatable bonds is 8. The monoisotopic (exact) mass is 325 g/mol. The van der Waals surface area contributed by atoms with E-state index in [-0.39, 0.29) is 23.7 Å². The summed E-state index contributed by atoms with van der Waals surface area (Å²) in [6.07, 6.45) is 2.76. The van der Waals surface area contributed by atoms with Gasteiger partial charge in [-0.2, -0.15) is 0 Å². The molecular formula is C17H27NO3S. The van der Waals surface area contributed by atoms with Crippen molar-refractivity contribution in [3.63, 3.8) is 0 Å². The molecule has 4 nitrogen and oxygen atoms in total. The van der Waals surface area contributed by atoms with E-state index < -0.39 is 9.84 Å². The fourth-order valence-corrected chi connectivity index (χ4v) is 4.05. The van der Waals surface area contributed by atoms with E-state index in [4.69, 9.17) is 5.11 Å². The number of sulfone groups is 1. The molecule has 22 heavy (non-hydrogen) atoms. The molecule has 0 fully saturated rings. The summed E-state index contributed by atoms with van der Waals surface area (Å²) >= 11 is 0. The Kier molecular flexibility index (Phi) is 6.01. The molecular weight excluding hydrogens is 298 g/mol. The molecule has 0 spiro atoms. The van der Waals surface area contributed by atoms with Gasteiger partial charge in [0.05, 0.1) is 11.0 Å². The Balaban J connectivity index is 2.10. The van der Waals surface area contributed by atoms with Crippen LogP contribution in [0.1, 0.15) is 43.9 Å². The topological polar surface area (TPSA) is 57.6 Å². The Morgan fingerprint density at radius 2 is 2.00 bits per heavy atom. The number of aliphatic hydroxyl groups excluding tert-OH is 1. The van der Waals surface area contributed by atoms with E-state index in [0.29, 0.717) is 13.0 Å². The van der Waals surface area contributed by atoms with E-state index in [9.17, 15) is 8.42 Å². The van der Waals surface area contributed by atoms with Gasteiger partial charge in [0.1, 0.15) is 0 Å². The fourth-order valence-electron chi connectivity index (χ4n) is 3.09. The Morgan fingerprint density at radius 3 is 2.68 bits per heavy atom. The molecule has 0 saturated carbocycles. The predicted octanol–water partition coefficient (Wildman–Crippen LogP) is 2.18. The highest BCUT2D eigenvalue weighted by molar-refractivity contribution is 7.92. The average Bonchev–Trinajstić information content (AvgIpc) is 2.91. The van der Waals surface area contributed by atoms with Crippen LogP contribution in [0.2, 0.25) is 0 Å². The van der Waals surface area contributed by atoms with Crippen molar-refractivity contribution in [2.24, 2.45) is 0 Å². The van der Waals surface area contributed by atoms with Crippen LogP contribution in [-0.4, -0.2) is 49.1 Å². The van der Waals surface area contributed by atoms with Crippen molar-refractivity contribution in [1.29, 1.82) is 0 Å². The molecule has 0 aromatic heterocycles. The summed E-state index contributed by atoms with van der Waals surface area (Å²) in [5, 5.41) is 8.79. The van der Waals surface area contributed by atoms with Gasteiger partial charge < -0.3 is 5.11 Å². The summed E-state index contributed by atoms with van der Waals surface area (Å²) in [5.41, 5.74) is 2.69. The highest BCUT2D eigenvalue weighted by Crippen LogP contribution is 2.35. The van der Waals surface area contributed by atoms with E-state index in [1.807, 2.05) is 6.07 Å². The van der Waals surface area contributed by atoms with Crippen molar-refractivity contribution in [1.82, 2.24) is 4.90 Å². The van der Waals surface area contributed by atoms with Crippen LogP contribution in [0.3, 0.4) is 0 Å². The molecule has 1 aliphatic rings. The SMILES string of the molecule is CC(C)S(=O)(=O)CCN(CCCO)C1CCc2ccccc21. The normalized spacial score (nSPS) is 18.1. The van der Waals surface area contributed by atoms with Gasteiger partial charge in [0.25, 0.3) is 0 Å². The molecule has 1 atom stereocenters. The van der Waals surface area contributed by atoms with Gasteiger partial charge >= 0.3 is 0 Å². The van der Waals surface area contributed by atoms with Crippen molar-refractivity contribution >= 4 is 9.84 Å². The Bertz CT molecular complexity index is 583. The van der Waals surface area contributed by atoms with Crippen molar-refractivity contribution in [2.45, 2.75) is 44.4 Å². The van der Waals surface area contributed by atoms with Gasteiger partial charge in [-0.15, -0.1) is 0 Å². The van der Waals surface area contributed by atoms with E-state index in [1.54, 1.807) is 13.8 Å². The molecule has 0 aliphatic heterocycles. The number of fused-ring (bicyclic) bond motifs is 1. The lowest BCUT2D eigenvalue weighted by molar-refractivity contribution is 0.182. The lowest BCUT2D eigenvalue weighted by atomic mass is 10.1. The van der Waals surface area contributed by atoms with E-state index in [2.05, 4.69) is 23.1 Å². The molecule has 124 valence electrons. The Labute approximate surface area is 134 Å². The molecule has 0 radical (unpaired) electrons. The highest BCUT2D eigenvalue weighted by Gasteiger charge is 2.28. The standard InChI is InChI=1S/C17H27NO3S/c1-14(2)22(20,21)13-11-18(10-5-12-19)17-9-8-15-6-3-4-7-16(15)17/h3-4,6-7,14,17,19H,5,8-13H2,1-2H3. The smallest absolute Gasteiger partial charge is 0.153 e. The van der Waals surface area contributed by atoms with E-state index >= 15 is 0 Å². The molecule has 0 saturated heterocycles. The minimum Gasteiger partial charge on any atom is -0.396 e. The minimum atomic E-state index is -3.03. The maximum atomic E-state index is 12.1. The molecule has 0 heterocycles. The van der Waals surface area contributed by atoms with E-state index in [0.717, 1.165) is 19.4 Å². The van der Waals surface area contributed by atoms with Gasteiger partial charge in [-0.3, -0.25) is 4.90 Å². The summed E-state index contributed by atoms with van der Waals surface area (Å²) in [4.78, 5) is 2.24. The van der Waals surface area contributed by atoms with Crippen LogP contribution in [0.25, 0.3) is 0 Å². The second-order valence-electron chi connectivity index (χ2n) is 6.28. The molecule has 1 unspecified atom stereocenters. The zero-order valence-corrected chi connectivity index (χ0v) is 14.3. The third kappa shape index (κ3) is 4.09. The summed E-state index contributed by atoms with van der Waals surface area (Å²) in [7, 11) is -3.03. The Hall–Kier alpha value is -0.910. The summed E-state index contributed by atoms with van der Waals surface area (Å²) in [5.74, 6) is 0.189. The maximum absolute atomic E-state index is 12.1. The van der Waals surface area contributed by atoms with Gasteiger partial charge in [0, 0.05) is 25.7 Å². The third-order valence-electron chi connectivity index (χ3n) is 4.53. The maximum Gasteiger partial charge on any atom is 0.153 e. The van der Waals surface area contributed by atoms with Crippen molar-refractivity contribution in [2.75, 3.05) is 25.4 Å². The number of aryl methyl sites for hydroxylation is 1. The Morgan fingerprint density at radius 1 is 1.27 bits per heavy atom. The number of hydrogen-bond acceptors (Lipinski definition) is 4. The van der Waals surface area contributed by atoms with Crippen molar-refractivity contribution in [3.8, 4) is 0 Å². The number of aliphatic hydroxyl groups is 1. The van der Waals surface area contributed by atoms with Crippen LogP contribution in [0, 0.1) is 0 Å². The summed E-state index contributed by atoms with van der Waals surface area (Å²) < 4.78 is 24.2. The molecule has 1 N–H and O–H groups in total. The van der Waals surface area contributed by atoms with Gasteiger partial charge in [-0.1, -0.05) is 24.3 Å². The molecule has 2 rings (SSSR count). The van der Waals surface area contributed by atoms with Crippen molar-refractivity contribution in [3.05, 3.63) is 35.4 Å². The van der Waals surface area contributed by atoms with Crippen LogP contribution in [0.15, 0.2) is 24.3 Å². The average molecular weight is 325 g/mol. The minimum absolute atomic E-state index is 0.141. The van der Waals surface area contributed by atoms with Gasteiger partial charge in [-0.25, -0.2) is 8.42 Å². The van der Waals surface area contributed by atoms with E-state index in [1.165, 1.54) is 11.1 Å². The number of hydrogen-bond donors (Lipinski definition) is 1. The van der Waals surface area contributed by atoms with Crippen LogP contribution < -0.4 is 0 Å². The van der Waals surface area contributed by atoms with Gasteiger partial charge in [-0.05, 0) is 44.2 Å². The first-order valence-electron chi connectivity index (χ1n) is 8.10. The molecule has 5 heteroatoms. The molecule has 0 amide bonds. The van der Waals surface area contributed by atoms with Gasteiger partial charge in [0.2, 0.25) is 0 Å². The first-order chi connectivity index (χ1) is 10.5. The molecule has 1 aliphatic carbocycles. The zero-order chi connectivity index (χ0) is 16.2. The number of nitrogens with zero attached hydrogens (tertiary/aromatic N) is 1. The number of benzene rings is 1. The summed E-state index contributed by atoms with van der Waals surface area (Å²) in [6, 6.07) is 8.69. The van der Waals surface area contributed by atoms with Crippen molar-refractivity contribution < 1.29 is 13.5 Å². The third-order valence-corrected chi connectivity index (χ3v) is 6.71. The summed E-state index contributed by atoms with van der Waals surface area (Å²) in [6.45, 7) is 4.89. The molecule has 0 bridgehead atoms. The predicted molar refractivity (Wildman–Crippen MR) is 89.7 cm³/mol.